The number of carboxylic acid groups (broad SMARTS) is 1. The second-order valence-corrected chi connectivity index (χ2v) is 4.84. The highest BCUT2D eigenvalue weighted by atomic mass is 16.4. The Morgan fingerprint density at radius 2 is 1.89 bits per heavy atom. The first kappa shape index (κ1) is 17.2. The number of aliphatic carboxylic acids is 1. The minimum absolute atomic E-state index is 0.0399. The molecule has 0 aliphatic carbocycles. The Kier molecular flexibility index (Phi) is 6.26. The minimum atomic E-state index is -1.37. The second kappa shape index (κ2) is 6.93. The van der Waals surface area contributed by atoms with Crippen LogP contribution in [0, 0.1) is 0 Å². The van der Waals surface area contributed by atoms with Crippen molar-refractivity contribution in [3.8, 4) is 0 Å². The predicted octanol–water partition coefficient (Wildman–Crippen LogP) is -0.883. The molecule has 1 atom stereocenters. The number of nitrogens with two attached hydrogens (primary N) is 1. The van der Waals surface area contributed by atoms with E-state index in [9.17, 15) is 19.5 Å². The van der Waals surface area contributed by atoms with E-state index in [2.05, 4.69) is 5.32 Å². The summed E-state index contributed by atoms with van der Waals surface area (Å²) >= 11 is 0. The van der Waals surface area contributed by atoms with Gasteiger partial charge in [0.25, 0.3) is 0 Å². The summed E-state index contributed by atoms with van der Waals surface area (Å²) in [5.74, 6) is -2.16. The highest BCUT2D eigenvalue weighted by Gasteiger charge is 2.26. The Hall–Kier alpha value is -1.83. The van der Waals surface area contributed by atoms with Gasteiger partial charge in [0.05, 0.1) is 18.6 Å². The molecule has 0 unspecified atom stereocenters. The number of primary amides is 1. The summed E-state index contributed by atoms with van der Waals surface area (Å²) in [6.07, 6.45) is -0.485. The van der Waals surface area contributed by atoms with Gasteiger partial charge < -0.3 is 26.2 Å². The summed E-state index contributed by atoms with van der Waals surface area (Å²) in [5, 5.41) is 20.7. The molecule has 0 aromatic carbocycles. The quantitative estimate of drug-likeness (QED) is 0.478. The summed E-state index contributed by atoms with van der Waals surface area (Å²) in [4.78, 5) is 34.7. The number of amides is 3. The number of likely N-dealkylation sites (N-methyl/N-ethyl adjacent to an activating group) is 1. The molecule has 110 valence electrons. The van der Waals surface area contributed by atoms with Gasteiger partial charge in [0.1, 0.15) is 6.04 Å². The van der Waals surface area contributed by atoms with Gasteiger partial charge in [-0.2, -0.15) is 0 Å². The number of carbonyl (C=O) groups excluding carboxylic acids is 2. The Morgan fingerprint density at radius 1 is 1.37 bits per heavy atom. The first-order chi connectivity index (χ1) is 8.56. The van der Waals surface area contributed by atoms with Crippen LogP contribution >= 0.6 is 0 Å². The highest BCUT2D eigenvalue weighted by molar-refractivity contribution is 5.87. The molecule has 0 aliphatic heterocycles. The Labute approximate surface area is 111 Å². The molecule has 8 heteroatoms. The first-order valence-electron chi connectivity index (χ1n) is 5.85. The first-order valence-corrected chi connectivity index (χ1v) is 5.85. The van der Waals surface area contributed by atoms with Crippen molar-refractivity contribution in [3.05, 3.63) is 0 Å². The lowest BCUT2D eigenvalue weighted by Gasteiger charge is -2.29. The molecular formula is C11H21N3O5. The third-order valence-corrected chi connectivity index (χ3v) is 2.25. The zero-order chi connectivity index (χ0) is 15.2. The topological polar surface area (TPSA) is 133 Å². The van der Waals surface area contributed by atoms with Crippen molar-refractivity contribution in [2.75, 3.05) is 13.1 Å². The fourth-order valence-electron chi connectivity index (χ4n) is 1.44. The molecule has 5 N–H and O–H groups in total. The van der Waals surface area contributed by atoms with E-state index in [1.54, 1.807) is 6.92 Å². The fourth-order valence-corrected chi connectivity index (χ4v) is 1.44. The molecule has 0 aromatic heterocycles. The molecule has 0 aromatic rings. The van der Waals surface area contributed by atoms with Crippen LogP contribution in [0.1, 0.15) is 27.2 Å². The highest BCUT2D eigenvalue weighted by Crippen LogP contribution is 2.05. The van der Waals surface area contributed by atoms with E-state index in [1.165, 1.54) is 18.7 Å². The number of nitrogens with one attached hydrogen (secondary N) is 1. The summed E-state index contributed by atoms with van der Waals surface area (Å²) in [6.45, 7) is 5.08. The molecule has 0 spiro atoms. The van der Waals surface area contributed by atoms with Crippen LogP contribution in [0.15, 0.2) is 0 Å². The number of hydrogen-bond donors (Lipinski definition) is 4. The zero-order valence-electron chi connectivity index (χ0n) is 11.3. The van der Waals surface area contributed by atoms with Crippen molar-refractivity contribution < 1.29 is 24.6 Å². The van der Waals surface area contributed by atoms with Gasteiger partial charge in [0.15, 0.2) is 0 Å². The number of urea groups is 1. The number of carboxylic acids is 1. The summed E-state index contributed by atoms with van der Waals surface area (Å²) in [7, 11) is 0. The van der Waals surface area contributed by atoms with Crippen molar-refractivity contribution in [1.29, 1.82) is 0 Å². The van der Waals surface area contributed by atoms with Crippen molar-refractivity contribution in [1.82, 2.24) is 10.2 Å². The van der Waals surface area contributed by atoms with E-state index in [-0.39, 0.29) is 6.54 Å². The zero-order valence-corrected chi connectivity index (χ0v) is 11.3. The van der Waals surface area contributed by atoms with Gasteiger partial charge in [-0.3, -0.25) is 4.79 Å². The van der Waals surface area contributed by atoms with Gasteiger partial charge in [0, 0.05) is 6.54 Å². The summed E-state index contributed by atoms with van der Waals surface area (Å²) in [5.41, 5.74) is 3.81. The predicted molar refractivity (Wildman–Crippen MR) is 67.3 cm³/mol. The number of aliphatic hydroxyl groups is 1. The smallest absolute Gasteiger partial charge is 0.326 e. The van der Waals surface area contributed by atoms with Gasteiger partial charge in [-0.25, -0.2) is 9.59 Å². The van der Waals surface area contributed by atoms with E-state index in [4.69, 9.17) is 10.8 Å². The van der Waals surface area contributed by atoms with Crippen LogP contribution in [0.2, 0.25) is 0 Å². The van der Waals surface area contributed by atoms with E-state index in [0.717, 1.165) is 0 Å². The van der Waals surface area contributed by atoms with Crippen LogP contribution in [0.25, 0.3) is 0 Å². The maximum absolute atomic E-state index is 11.8. The van der Waals surface area contributed by atoms with E-state index in [1.807, 2.05) is 0 Å². The third-order valence-electron chi connectivity index (χ3n) is 2.25. The fraction of sp³-hybridized carbons (Fsp3) is 0.727. The molecule has 0 radical (unpaired) electrons. The van der Waals surface area contributed by atoms with Crippen LogP contribution in [0.5, 0.6) is 0 Å². The van der Waals surface area contributed by atoms with Gasteiger partial charge in [-0.1, -0.05) is 0 Å². The summed E-state index contributed by atoms with van der Waals surface area (Å²) in [6, 6.07) is -2.04. The molecular weight excluding hydrogens is 254 g/mol. The molecule has 8 nitrogen and oxygen atoms in total. The summed E-state index contributed by atoms with van der Waals surface area (Å²) < 4.78 is 0. The van der Waals surface area contributed by atoms with Crippen LogP contribution in [-0.2, 0) is 9.59 Å². The number of nitrogens with zero attached hydrogens (tertiary/aromatic N) is 1. The van der Waals surface area contributed by atoms with E-state index in [0.29, 0.717) is 6.54 Å². The Balaban J connectivity index is 4.68. The lowest BCUT2D eigenvalue weighted by molar-refractivity contribution is -0.141. The molecule has 19 heavy (non-hydrogen) atoms. The average Bonchev–Trinajstić information content (AvgIpc) is 2.22. The molecule has 0 heterocycles. The standard InChI is InChI=1S/C11H21N3O5/c1-4-14(6-11(2,3)19)10(18)13-7(9(16)17)5-8(12)15/h7,19H,4-6H2,1-3H3,(H2,12,15)(H,13,18)(H,16,17)/t7-/m1/s1. The maximum atomic E-state index is 11.8. The number of hydrogen-bond acceptors (Lipinski definition) is 4. The molecule has 0 fully saturated rings. The monoisotopic (exact) mass is 275 g/mol. The van der Waals surface area contributed by atoms with E-state index >= 15 is 0 Å². The minimum Gasteiger partial charge on any atom is -0.480 e. The van der Waals surface area contributed by atoms with Gasteiger partial charge in [-0.05, 0) is 20.8 Å². The molecule has 3 amide bonds. The van der Waals surface area contributed by atoms with Gasteiger partial charge >= 0.3 is 12.0 Å². The van der Waals surface area contributed by atoms with Crippen molar-refractivity contribution in [3.63, 3.8) is 0 Å². The van der Waals surface area contributed by atoms with Crippen LogP contribution < -0.4 is 11.1 Å². The van der Waals surface area contributed by atoms with Crippen molar-refractivity contribution in [2.24, 2.45) is 5.73 Å². The largest absolute Gasteiger partial charge is 0.480 e. The van der Waals surface area contributed by atoms with Crippen LogP contribution in [0.3, 0.4) is 0 Å². The maximum Gasteiger partial charge on any atom is 0.326 e. The molecule has 0 saturated heterocycles. The van der Waals surface area contributed by atoms with Crippen molar-refractivity contribution >= 4 is 17.9 Å². The molecule has 0 rings (SSSR count). The average molecular weight is 275 g/mol. The Morgan fingerprint density at radius 3 is 2.21 bits per heavy atom. The Bertz CT molecular complexity index is 351. The third kappa shape index (κ3) is 7.24. The van der Waals surface area contributed by atoms with Gasteiger partial charge in [0.2, 0.25) is 5.91 Å². The molecule has 0 saturated carbocycles. The number of rotatable bonds is 7. The van der Waals surface area contributed by atoms with Gasteiger partial charge in [-0.15, -0.1) is 0 Å². The van der Waals surface area contributed by atoms with Crippen molar-refractivity contribution in [2.45, 2.75) is 38.8 Å². The van der Waals surface area contributed by atoms with Crippen LogP contribution in [0.4, 0.5) is 4.79 Å². The normalized spacial score (nSPS) is 12.6. The lowest BCUT2D eigenvalue weighted by Crippen LogP contribution is -2.52. The van der Waals surface area contributed by atoms with E-state index < -0.39 is 36.0 Å². The molecule has 0 aliphatic rings. The molecule has 0 bridgehead atoms. The SMILES string of the molecule is CCN(CC(C)(C)O)C(=O)N[C@H](CC(N)=O)C(=O)O. The second-order valence-electron chi connectivity index (χ2n) is 4.84. The van der Waals surface area contributed by atoms with Crippen LogP contribution in [-0.4, -0.2) is 57.8 Å². The number of carbonyl (C=O) groups is 3. The lowest BCUT2D eigenvalue weighted by atomic mass is 10.1.